The van der Waals surface area contributed by atoms with Crippen LogP contribution in [0.4, 0.5) is 5.13 Å². The van der Waals surface area contributed by atoms with E-state index in [2.05, 4.69) is 15.3 Å². The van der Waals surface area contributed by atoms with Crippen molar-refractivity contribution in [1.29, 1.82) is 0 Å². The van der Waals surface area contributed by atoms with Gasteiger partial charge in [-0.05, 0) is 31.2 Å². The molecule has 0 aliphatic heterocycles. The summed E-state index contributed by atoms with van der Waals surface area (Å²) in [6.45, 7) is 2.02. The minimum absolute atomic E-state index is 0.159. The lowest BCUT2D eigenvalue weighted by molar-refractivity contribution is -0.115. The summed E-state index contributed by atoms with van der Waals surface area (Å²) in [5.41, 5.74) is 3.49. The summed E-state index contributed by atoms with van der Waals surface area (Å²) in [4.78, 5) is 21.4. The number of furan rings is 1. The third kappa shape index (κ3) is 3.97. The Balaban J connectivity index is 1.44. The second-order valence-corrected chi connectivity index (χ2v) is 7.80. The number of carbonyl (C=O) groups excluding carboxylic acids is 1. The molecule has 3 aromatic heterocycles. The first-order chi connectivity index (χ1) is 13.6. The van der Waals surface area contributed by atoms with Gasteiger partial charge in [-0.2, -0.15) is 0 Å². The number of hydrogen-bond donors (Lipinski definition) is 1. The first kappa shape index (κ1) is 18.4. The van der Waals surface area contributed by atoms with Crippen LogP contribution in [0.3, 0.4) is 0 Å². The summed E-state index contributed by atoms with van der Waals surface area (Å²) in [6, 6.07) is 9.58. The van der Waals surface area contributed by atoms with E-state index in [1.165, 1.54) is 22.7 Å². The summed E-state index contributed by atoms with van der Waals surface area (Å²) < 4.78 is 10.8. The number of ether oxygens (including phenoxy) is 1. The molecule has 0 unspecified atom stereocenters. The Labute approximate surface area is 169 Å². The molecule has 0 radical (unpaired) electrons. The highest BCUT2D eigenvalue weighted by molar-refractivity contribution is 7.14. The molecule has 0 fully saturated rings. The van der Waals surface area contributed by atoms with Crippen LogP contribution in [0, 0.1) is 6.92 Å². The van der Waals surface area contributed by atoms with Crippen molar-refractivity contribution in [3.63, 3.8) is 0 Å². The van der Waals surface area contributed by atoms with Gasteiger partial charge in [0.25, 0.3) is 0 Å². The van der Waals surface area contributed by atoms with Gasteiger partial charge in [0.1, 0.15) is 5.75 Å². The van der Waals surface area contributed by atoms with Crippen LogP contribution in [0.25, 0.3) is 22.0 Å². The molecule has 142 valence electrons. The van der Waals surface area contributed by atoms with E-state index in [1.54, 1.807) is 13.4 Å². The van der Waals surface area contributed by atoms with Gasteiger partial charge in [0.15, 0.2) is 15.9 Å². The Morgan fingerprint density at radius 1 is 1.21 bits per heavy atom. The van der Waals surface area contributed by atoms with Crippen molar-refractivity contribution in [3.05, 3.63) is 58.6 Å². The molecule has 0 bridgehead atoms. The molecule has 6 nitrogen and oxygen atoms in total. The molecule has 0 aliphatic rings. The number of benzene rings is 1. The number of rotatable bonds is 6. The Morgan fingerprint density at radius 2 is 2.11 bits per heavy atom. The van der Waals surface area contributed by atoms with Crippen LogP contribution < -0.4 is 10.1 Å². The Hall–Kier alpha value is -2.97. The summed E-state index contributed by atoms with van der Waals surface area (Å²) in [5, 5.41) is 7.92. The van der Waals surface area contributed by atoms with E-state index in [1.807, 2.05) is 48.0 Å². The van der Waals surface area contributed by atoms with Crippen molar-refractivity contribution in [2.24, 2.45) is 0 Å². The quantitative estimate of drug-likeness (QED) is 0.482. The SMILES string of the molecule is COc1ccc(C)cc1-c1csc(NC(=O)Cc2csc(-c3ccco3)n2)n1. The maximum absolute atomic E-state index is 12.4. The molecule has 0 atom stereocenters. The number of thiazole rings is 2. The lowest BCUT2D eigenvalue weighted by Gasteiger charge is -2.07. The summed E-state index contributed by atoms with van der Waals surface area (Å²) in [6.07, 6.45) is 1.78. The Kier molecular flexibility index (Phi) is 5.23. The Bertz CT molecular complexity index is 1100. The van der Waals surface area contributed by atoms with E-state index >= 15 is 0 Å². The molecule has 3 heterocycles. The van der Waals surface area contributed by atoms with Crippen molar-refractivity contribution in [3.8, 4) is 27.8 Å². The number of carbonyl (C=O) groups is 1. The number of aromatic nitrogens is 2. The number of amides is 1. The zero-order valence-electron chi connectivity index (χ0n) is 15.3. The molecular formula is C20H17N3O3S2. The predicted octanol–water partition coefficient (Wildman–Crippen LogP) is 5.02. The van der Waals surface area contributed by atoms with E-state index in [4.69, 9.17) is 9.15 Å². The number of aryl methyl sites for hydroxylation is 1. The smallest absolute Gasteiger partial charge is 0.232 e. The topological polar surface area (TPSA) is 77.2 Å². The van der Waals surface area contributed by atoms with Crippen LogP contribution in [0.1, 0.15) is 11.3 Å². The molecular weight excluding hydrogens is 394 g/mol. The highest BCUT2D eigenvalue weighted by Crippen LogP contribution is 2.33. The molecule has 28 heavy (non-hydrogen) atoms. The molecule has 1 aromatic carbocycles. The van der Waals surface area contributed by atoms with Crippen LogP contribution in [0.2, 0.25) is 0 Å². The minimum Gasteiger partial charge on any atom is -0.496 e. The largest absolute Gasteiger partial charge is 0.496 e. The third-order valence-corrected chi connectivity index (χ3v) is 5.67. The summed E-state index contributed by atoms with van der Waals surface area (Å²) in [5.74, 6) is 1.29. The fraction of sp³-hybridized carbons (Fsp3) is 0.150. The zero-order valence-corrected chi connectivity index (χ0v) is 16.9. The van der Waals surface area contributed by atoms with Crippen molar-refractivity contribution in [2.75, 3.05) is 12.4 Å². The minimum atomic E-state index is -0.159. The summed E-state index contributed by atoms with van der Waals surface area (Å²) >= 11 is 2.83. The number of hydrogen-bond acceptors (Lipinski definition) is 7. The second kappa shape index (κ2) is 7.95. The normalized spacial score (nSPS) is 10.8. The fourth-order valence-corrected chi connectivity index (χ4v) is 4.22. The molecule has 0 saturated carbocycles. The zero-order chi connectivity index (χ0) is 19.5. The van der Waals surface area contributed by atoms with E-state index in [9.17, 15) is 4.79 Å². The first-order valence-electron chi connectivity index (χ1n) is 8.51. The standard InChI is InChI=1S/C20H17N3O3S2/c1-12-5-6-16(25-2)14(8-12)15-11-28-20(22-15)23-18(24)9-13-10-27-19(21-13)17-4-3-7-26-17/h3-8,10-11H,9H2,1-2H3,(H,22,23,24). The van der Waals surface area contributed by atoms with E-state index in [0.29, 0.717) is 16.6 Å². The van der Waals surface area contributed by atoms with Crippen molar-refractivity contribution in [2.45, 2.75) is 13.3 Å². The molecule has 8 heteroatoms. The van der Waals surface area contributed by atoms with Crippen molar-refractivity contribution < 1.29 is 13.9 Å². The second-order valence-electron chi connectivity index (χ2n) is 6.09. The average Bonchev–Trinajstić information content (AvgIpc) is 3.43. The van der Waals surface area contributed by atoms with E-state index in [0.717, 1.165) is 27.6 Å². The van der Waals surface area contributed by atoms with Gasteiger partial charge in [0.2, 0.25) is 5.91 Å². The van der Waals surface area contributed by atoms with Gasteiger partial charge < -0.3 is 14.5 Å². The van der Waals surface area contributed by atoms with Crippen LogP contribution in [-0.2, 0) is 11.2 Å². The highest BCUT2D eigenvalue weighted by atomic mass is 32.1. The van der Waals surface area contributed by atoms with Crippen LogP contribution in [0.15, 0.2) is 51.8 Å². The van der Waals surface area contributed by atoms with E-state index in [-0.39, 0.29) is 12.3 Å². The summed E-state index contributed by atoms with van der Waals surface area (Å²) in [7, 11) is 1.63. The third-order valence-electron chi connectivity index (χ3n) is 4.01. The maximum atomic E-state index is 12.4. The molecule has 0 aliphatic carbocycles. The maximum Gasteiger partial charge on any atom is 0.232 e. The van der Waals surface area contributed by atoms with Gasteiger partial charge in [-0.3, -0.25) is 4.79 Å². The molecule has 1 amide bonds. The van der Waals surface area contributed by atoms with Gasteiger partial charge in [-0.25, -0.2) is 9.97 Å². The monoisotopic (exact) mass is 411 g/mol. The van der Waals surface area contributed by atoms with Gasteiger partial charge in [-0.15, -0.1) is 22.7 Å². The molecule has 0 spiro atoms. The highest BCUT2D eigenvalue weighted by Gasteiger charge is 2.14. The molecule has 4 aromatic rings. The van der Waals surface area contributed by atoms with Crippen LogP contribution in [-0.4, -0.2) is 23.0 Å². The molecule has 1 N–H and O–H groups in total. The Morgan fingerprint density at radius 3 is 2.89 bits per heavy atom. The van der Waals surface area contributed by atoms with Gasteiger partial charge >= 0.3 is 0 Å². The number of methoxy groups -OCH3 is 1. The van der Waals surface area contributed by atoms with Crippen LogP contribution in [0.5, 0.6) is 5.75 Å². The first-order valence-corrected chi connectivity index (χ1v) is 10.3. The van der Waals surface area contributed by atoms with Crippen molar-refractivity contribution in [1.82, 2.24) is 9.97 Å². The number of nitrogens with one attached hydrogen (secondary N) is 1. The molecule has 4 rings (SSSR count). The molecule has 0 saturated heterocycles. The van der Waals surface area contributed by atoms with Gasteiger partial charge in [0, 0.05) is 16.3 Å². The lowest BCUT2D eigenvalue weighted by atomic mass is 10.1. The lowest BCUT2D eigenvalue weighted by Crippen LogP contribution is -2.14. The van der Waals surface area contributed by atoms with Crippen LogP contribution >= 0.6 is 22.7 Å². The van der Waals surface area contributed by atoms with Gasteiger partial charge in [0.05, 0.1) is 31.2 Å². The van der Waals surface area contributed by atoms with Gasteiger partial charge in [-0.1, -0.05) is 11.6 Å². The average molecular weight is 412 g/mol. The van der Waals surface area contributed by atoms with Crippen molar-refractivity contribution >= 4 is 33.7 Å². The fourth-order valence-electron chi connectivity index (χ4n) is 2.71. The number of nitrogens with zero attached hydrogens (tertiary/aromatic N) is 2. The predicted molar refractivity (Wildman–Crippen MR) is 111 cm³/mol. The van der Waals surface area contributed by atoms with E-state index < -0.39 is 0 Å². The number of anilines is 1.